The molecule has 0 spiro atoms. The molecule has 1 aliphatic rings. The van der Waals surface area contributed by atoms with Crippen molar-refractivity contribution in [1.29, 1.82) is 0 Å². The van der Waals surface area contributed by atoms with Gasteiger partial charge in [0.1, 0.15) is 0 Å². The van der Waals surface area contributed by atoms with E-state index in [1.807, 2.05) is 35.0 Å². The normalized spacial score (nSPS) is 15.8. The minimum atomic E-state index is 0.654. The smallest absolute Gasteiger partial charge is 0.212 e. The Kier molecular flexibility index (Phi) is 3.31. The molecule has 0 bridgehead atoms. The first-order valence-electron chi connectivity index (χ1n) is 7.20. The molecule has 4 rings (SSSR count). The Morgan fingerprint density at radius 1 is 1.10 bits per heavy atom. The van der Waals surface area contributed by atoms with E-state index in [1.165, 1.54) is 25.7 Å². The number of pyridine rings is 1. The van der Waals surface area contributed by atoms with E-state index in [4.69, 9.17) is 0 Å². The Bertz CT molecular complexity index is 749. The fraction of sp³-hybridized carbons (Fsp3) is 0.333. The lowest BCUT2D eigenvalue weighted by Gasteiger charge is -2.06. The van der Waals surface area contributed by atoms with Crippen LogP contribution in [0.25, 0.3) is 16.9 Å². The molecule has 0 aromatic carbocycles. The molecule has 1 aliphatic carbocycles. The van der Waals surface area contributed by atoms with Crippen molar-refractivity contribution in [2.24, 2.45) is 0 Å². The van der Waals surface area contributed by atoms with E-state index >= 15 is 0 Å². The molecule has 3 heterocycles. The van der Waals surface area contributed by atoms with Crippen LogP contribution < -0.4 is 0 Å². The standard InChI is InChI=1S/C15H15N5S/c1-2-6-12(5-1)21-15-18-17-14-8-7-13(19-20(14)15)11-4-3-9-16-10-11/h3-4,7-10,12H,1-2,5-6H2. The quantitative estimate of drug-likeness (QED) is 0.743. The second kappa shape index (κ2) is 5.44. The summed E-state index contributed by atoms with van der Waals surface area (Å²) in [6, 6.07) is 7.85. The third kappa shape index (κ3) is 2.51. The first kappa shape index (κ1) is 12.8. The van der Waals surface area contributed by atoms with E-state index in [-0.39, 0.29) is 0 Å². The van der Waals surface area contributed by atoms with Crippen LogP contribution in [0.2, 0.25) is 0 Å². The van der Waals surface area contributed by atoms with E-state index in [2.05, 4.69) is 20.3 Å². The van der Waals surface area contributed by atoms with Crippen molar-refractivity contribution < 1.29 is 0 Å². The van der Waals surface area contributed by atoms with Crippen molar-refractivity contribution in [2.75, 3.05) is 0 Å². The first-order chi connectivity index (χ1) is 10.4. The SMILES string of the molecule is c1cncc(-c2ccc3nnc(SC4CCCC4)n3n2)c1. The average Bonchev–Trinajstić information content (AvgIpc) is 3.19. The lowest BCUT2D eigenvalue weighted by atomic mass is 10.2. The summed E-state index contributed by atoms with van der Waals surface area (Å²) < 4.78 is 1.85. The number of fused-ring (bicyclic) bond motifs is 1. The third-order valence-corrected chi connectivity index (χ3v) is 5.04. The molecule has 1 fully saturated rings. The van der Waals surface area contributed by atoms with Gasteiger partial charge in [0.25, 0.3) is 0 Å². The summed E-state index contributed by atoms with van der Waals surface area (Å²) in [5.41, 5.74) is 2.69. The van der Waals surface area contributed by atoms with Crippen LogP contribution in [0.15, 0.2) is 41.8 Å². The van der Waals surface area contributed by atoms with E-state index in [1.54, 1.807) is 18.0 Å². The maximum Gasteiger partial charge on any atom is 0.212 e. The van der Waals surface area contributed by atoms with Gasteiger partial charge in [0.2, 0.25) is 5.16 Å². The second-order valence-corrected chi connectivity index (χ2v) is 6.50. The highest BCUT2D eigenvalue weighted by atomic mass is 32.2. The summed E-state index contributed by atoms with van der Waals surface area (Å²) in [6.07, 6.45) is 8.76. The number of aromatic nitrogens is 5. The van der Waals surface area contributed by atoms with Crippen molar-refractivity contribution >= 4 is 17.4 Å². The number of thioether (sulfide) groups is 1. The number of nitrogens with zero attached hydrogens (tertiary/aromatic N) is 5. The Morgan fingerprint density at radius 2 is 2.00 bits per heavy atom. The summed E-state index contributed by atoms with van der Waals surface area (Å²) in [7, 11) is 0. The molecular formula is C15H15N5S. The van der Waals surface area contributed by atoms with Crippen LogP contribution in [0, 0.1) is 0 Å². The molecule has 5 nitrogen and oxygen atoms in total. The summed E-state index contributed by atoms with van der Waals surface area (Å²) in [4.78, 5) is 4.15. The Balaban J connectivity index is 1.72. The maximum absolute atomic E-state index is 4.68. The number of rotatable bonds is 3. The summed E-state index contributed by atoms with van der Waals surface area (Å²) in [6.45, 7) is 0. The minimum absolute atomic E-state index is 0.654. The molecule has 0 N–H and O–H groups in total. The molecule has 0 aliphatic heterocycles. The zero-order valence-corrected chi connectivity index (χ0v) is 12.3. The minimum Gasteiger partial charge on any atom is -0.264 e. The summed E-state index contributed by atoms with van der Waals surface area (Å²) in [5, 5.41) is 14.7. The maximum atomic E-state index is 4.68. The molecule has 0 saturated heterocycles. The highest BCUT2D eigenvalue weighted by Gasteiger charge is 2.19. The van der Waals surface area contributed by atoms with Crippen molar-refractivity contribution in [2.45, 2.75) is 36.1 Å². The topological polar surface area (TPSA) is 56.0 Å². The van der Waals surface area contributed by atoms with Crippen LogP contribution in [0.1, 0.15) is 25.7 Å². The molecule has 106 valence electrons. The van der Waals surface area contributed by atoms with Gasteiger partial charge in [0.05, 0.1) is 5.69 Å². The van der Waals surface area contributed by atoms with Gasteiger partial charge in [-0.3, -0.25) is 4.98 Å². The summed E-state index contributed by atoms with van der Waals surface area (Å²) >= 11 is 1.80. The van der Waals surface area contributed by atoms with Gasteiger partial charge in [-0.05, 0) is 37.1 Å². The monoisotopic (exact) mass is 297 g/mol. The zero-order valence-electron chi connectivity index (χ0n) is 11.5. The van der Waals surface area contributed by atoms with Crippen LogP contribution in [-0.2, 0) is 0 Å². The van der Waals surface area contributed by atoms with Crippen LogP contribution in [-0.4, -0.2) is 30.0 Å². The van der Waals surface area contributed by atoms with Gasteiger partial charge in [-0.2, -0.15) is 9.61 Å². The van der Waals surface area contributed by atoms with Gasteiger partial charge in [0.15, 0.2) is 5.65 Å². The van der Waals surface area contributed by atoms with Gasteiger partial charge in [-0.15, -0.1) is 10.2 Å². The lowest BCUT2D eigenvalue weighted by Crippen LogP contribution is -2.00. The largest absolute Gasteiger partial charge is 0.264 e. The Morgan fingerprint density at radius 3 is 2.81 bits per heavy atom. The number of hydrogen-bond donors (Lipinski definition) is 0. The first-order valence-corrected chi connectivity index (χ1v) is 8.08. The van der Waals surface area contributed by atoms with Crippen LogP contribution >= 0.6 is 11.8 Å². The van der Waals surface area contributed by atoms with Crippen LogP contribution in [0.3, 0.4) is 0 Å². The molecule has 0 radical (unpaired) electrons. The highest BCUT2D eigenvalue weighted by Crippen LogP contribution is 2.33. The van der Waals surface area contributed by atoms with Gasteiger partial charge >= 0.3 is 0 Å². The molecule has 3 aromatic heterocycles. The predicted octanol–water partition coefficient (Wildman–Crippen LogP) is 3.22. The molecule has 6 heteroatoms. The van der Waals surface area contributed by atoms with Crippen molar-refractivity contribution in [3.05, 3.63) is 36.7 Å². The van der Waals surface area contributed by atoms with Gasteiger partial charge in [-0.25, -0.2) is 0 Å². The van der Waals surface area contributed by atoms with Crippen molar-refractivity contribution in [1.82, 2.24) is 24.8 Å². The molecule has 0 atom stereocenters. The van der Waals surface area contributed by atoms with Crippen LogP contribution in [0.5, 0.6) is 0 Å². The average molecular weight is 297 g/mol. The molecule has 0 amide bonds. The molecule has 3 aromatic rings. The number of hydrogen-bond acceptors (Lipinski definition) is 5. The fourth-order valence-electron chi connectivity index (χ4n) is 2.67. The van der Waals surface area contributed by atoms with Crippen molar-refractivity contribution in [3.63, 3.8) is 0 Å². The van der Waals surface area contributed by atoms with Crippen molar-refractivity contribution in [3.8, 4) is 11.3 Å². The fourth-order valence-corrected chi connectivity index (χ4v) is 3.86. The van der Waals surface area contributed by atoms with E-state index in [0.717, 1.165) is 22.1 Å². The van der Waals surface area contributed by atoms with E-state index in [0.29, 0.717) is 5.25 Å². The van der Waals surface area contributed by atoms with Crippen LogP contribution in [0.4, 0.5) is 0 Å². The van der Waals surface area contributed by atoms with Gasteiger partial charge < -0.3 is 0 Å². The molecule has 0 unspecified atom stereocenters. The highest BCUT2D eigenvalue weighted by molar-refractivity contribution is 7.99. The van der Waals surface area contributed by atoms with Gasteiger partial charge in [0, 0.05) is 23.2 Å². The Hall–Kier alpha value is -1.95. The van der Waals surface area contributed by atoms with E-state index < -0.39 is 0 Å². The lowest BCUT2D eigenvalue weighted by molar-refractivity contribution is 0.800. The Labute approximate surface area is 126 Å². The molecule has 21 heavy (non-hydrogen) atoms. The second-order valence-electron chi connectivity index (χ2n) is 5.24. The van der Waals surface area contributed by atoms with E-state index in [9.17, 15) is 0 Å². The molecular weight excluding hydrogens is 282 g/mol. The third-order valence-electron chi connectivity index (χ3n) is 3.77. The van der Waals surface area contributed by atoms with Gasteiger partial charge in [-0.1, -0.05) is 24.6 Å². The summed E-state index contributed by atoms with van der Waals surface area (Å²) in [5.74, 6) is 0. The predicted molar refractivity (Wildman–Crippen MR) is 82.1 cm³/mol. The zero-order chi connectivity index (χ0) is 14.1. The molecule has 1 saturated carbocycles.